The van der Waals surface area contributed by atoms with Gasteiger partial charge in [-0.1, -0.05) is 22.9 Å². The molecule has 3 aliphatic heterocycles. The maximum absolute atomic E-state index is 16.6. The van der Waals surface area contributed by atoms with Crippen LogP contribution in [0.2, 0.25) is 5.02 Å². The lowest BCUT2D eigenvalue weighted by Gasteiger charge is -2.34. The number of nitrogens with two attached hydrogens (primary N) is 1. The van der Waals surface area contributed by atoms with Crippen molar-refractivity contribution in [2.24, 2.45) is 0 Å². The van der Waals surface area contributed by atoms with Crippen molar-refractivity contribution in [3.8, 4) is 17.1 Å². The van der Waals surface area contributed by atoms with Gasteiger partial charge in [0.1, 0.15) is 23.3 Å². The second-order valence-electron chi connectivity index (χ2n) is 11.0. The number of aromatic nitrogens is 3. The lowest BCUT2D eigenvalue weighted by atomic mass is 10.0. The highest BCUT2D eigenvalue weighted by Crippen LogP contribution is 2.43. The van der Waals surface area contributed by atoms with Crippen molar-refractivity contribution in [1.29, 1.82) is 0 Å². The normalized spacial score (nSPS) is 22.1. The third-order valence-corrected chi connectivity index (χ3v) is 9.26. The number of halogens is 3. The minimum atomic E-state index is -0.639. The molecule has 0 radical (unpaired) electrons. The van der Waals surface area contributed by atoms with Gasteiger partial charge in [-0.3, -0.25) is 4.90 Å². The van der Waals surface area contributed by atoms with Gasteiger partial charge in [0.2, 0.25) is 0 Å². The summed E-state index contributed by atoms with van der Waals surface area (Å²) in [5, 5.41) is 4.48. The van der Waals surface area contributed by atoms with Gasteiger partial charge in [-0.25, -0.2) is 13.8 Å². The first-order valence-electron chi connectivity index (χ1n) is 13.9. The van der Waals surface area contributed by atoms with E-state index in [1.165, 1.54) is 12.1 Å². The van der Waals surface area contributed by atoms with Gasteiger partial charge in [0.15, 0.2) is 10.9 Å². The molecule has 0 aliphatic carbocycles. The number of hydrogen-bond donors (Lipinski definition) is 2. The number of nitrogen functional groups attached to an aromatic ring is 1. The molecule has 9 nitrogen and oxygen atoms in total. The molecule has 7 rings (SSSR count). The van der Waals surface area contributed by atoms with Crippen LogP contribution in [-0.4, -0.2) is 84.0 Å². The van der Waals surface area contributed by atoms with Crippen LogP contribution in [-0.2, 0) is 4.74 Å². The van der Waals surface area contributed by atoms with Crippen LogP contribution >= 0.6 is 22.9 Å². The van der Waals surface area contributed by atoms with Crippen LogP contribution in [0.25, 0.3) is 32.2 Å². The summed E-state index contributed by atoms with van der Waals surface area (Å²) >= 11 is 7.79. The largest absolute Gasteiger partial charge is 0.459 e. The van der Waals surface area contributed by atoms with Crippen LogP contribution in [0.15, 0.2) is 18.2 Å². The zero-order valence-corrected chi connectivity index (χ0v) is 24.1. The van der Waals surface area contributed by atoms with Crippen molar-refractivity contribution in [2.45, 2.75) is 38.0 Å². The molecule has 2 bridgehead atoms. The third-order valence-electron chi connectivity index (χ3n) is 8.07. The number of benzene rings is 2. The number of anilines is 2. The van der Waals surface area contributed by atoms with Gasteiger partial charge in [0, 0.05) is 61.3 Å². The number of rotatable bonds is 6. The van der Waals surface area contributed by atoms with E-state index >= 15 is 4.39 Å². The second-order valence-corrected chi connectivity index (χ2v) is 12.4. The molecule has 3 aliphatic rings. The van der Waals surface area contributed by atoms with Crippen LogP contribution in [0.3, 0.4) is 0 Å². The summed E-state index contributed by atoms with van der Waals surface area (Å²) in [7, 11) is 0. The van der Waals surface area contributed by atoms with E-state index in [1.54, 1.807) is 6.07 Å². The Balaban J connectivity index is 1.34. The van der Waals surface area contributed by atoms with E-state index in [1.807, 2.05) is 6.92 Å². The Morgan fingerprint density at radius 3 is 2.66 bits per heavy atom. The summed E-state index contributed by atoms with van der Waals surface area (Å²) in [6, 6.07) is 5.23. The van der Waals surface area contributed by atoms with Crippen LogP contribution in [0.1, 0.15) is 19.8 Å². The van der Waals surface area contributed by atoms with Crippen molar-refractivity contribution >= 4 is 55.0 Å². The molecule has 3 atom stereocenters. The quantitative estimate of drug-likeness (QED) is 0.332. The fourth-order valence-corrected chi connectivity index (χ4v) is 7.29. The predicted molar refractivity (Wildman–Crippen MR) is 157 cm³/mol. The number of morpholine rings is 1. The third kappa shape index (κ3) is 5.05. The van der Waals surface area contributed by atoms with Crippen molar-refractivity contribution in [2.75, 3.05) is 56.6 Å². The molecule has 3 N–H and O–H groups in total. The van der Waals surface area contributed by atoms with E-state index in [4.69, 9.17) is 31.8 Å². The Bertz CT molecular complexity index is 1620. The van der Waals surface area contributed by atoms with Gasteiger partial charge in [0.25, 0.3) is 0 Å². The number of hydrogen-bond acceptors (Lipinski definition) is 10. The number of fused-ring (bicyclic) bond motifs is 4. The zero-order chi connectivity index (χ0) is 28.2. The first-order chi connectivity index (χ1) is 19.8. The lowest BCUT2D eigenvalue weighted by molar-refractivity contribution is 0.0207. The maximum Gasteiger partial charge on any atom is 0.319 e. The molecule has 5 heterocycles. The summed E-state index contributed by atoms with van der Waals surface area (Å²) in [4.78, 5) is 18.1. The molecule has 0 saturated carbocycles. The van der Waals surface area contributed by atoms with Gasteiger partial charge in [-0.05, 0) is 38.0 Å². The van der Waals surface area contributed by atoms with Crippen LogP contribution in [0, 0.1) is 11.6 Å². The van der Waals surface area contributed by atoms with Crippen LogP contribution < -0.4 is 20.7 Å². The molecule has 4 aromatic rings. The summed E-state index contributed by atoms with van der Waals surface area (Å²) in [6.07, 6.45) is 1.93. The monoisotopic (exact) mass is 601 g/mol. The molecular weight excluding hydrogens is 572 g/mol. The predicted octanol–water partition coefficient (Wildman–Crippen LogP) is 4.46. The fraction of sp³-hybridized carbons (Fsp3) is 0.464. The highest BCUT2D eigenvalue weighted by atomic mass is 35.5. The van der Waals surface area contributed by atoms with Gasteiger partial charge in [0.05, 0.1) is 28.5 Å². The van der Waals surface area contributed by atoms with Crippen LogP contribution in [0.4, 0.5) is 19.7 Å². The lowest BCUT2D eigenvalue weighted by Crippen LogP contribution is -2.51. The molecule has 13 heteroatoms. The summed E-state index contributed by atoms with van der Waals surface area (Å²) in [6.45, 7) is 7.13. The fourth-order valence-electron chi connectivity index (χ4n) is 6.23. The summed E-state index contributed by atoms with van der Waals surface area (Å²) in [5.41, 5.74) is 6.68. The standard InChI is InChI=1S/C28H30ClF2N7O2S/c1-14(11-37-6-8-39-9-7-37)40-28-35-23-18(26(36-28)38-12-15-2-3-16(13-38)33-15)10-19(29)21(22(23)31)17-4-5-20(30)25-24(17)34-27(32)41-25/h4-5,10,14-16,33H,2-3,6-9,11-13H2,1H3,(H2,32,34). The Morgan fingerprint density at radius 1 is 1.15 bits per heavy atom. The average molecular weight is 602 g/mol. The molecule has 0 spiro atoms. The van der Waals surface area contributed by atoms with E-state index in [9.17, 15) is 4.39 Å². The van der Waals surface area contributed by atoms with E-state index in [0.29, 0.717) is 48.6 Å². The van der Waals surface area contributed by atoms with Gasteiger partial charge >= 0.3 is 6.01 Å². The molecule has 41 heavy (non-hydrogen) atoms. The van der Waals surface area contributed by atoms with Gasteiger partial charge < -0.3 is 25.4 Å². The molecule has 3 fully saturated rings. The topological polar surface area (TPSA) is 102 Å². The van der Waals surface area contributed by atoms with E-state index in [-0.39, 0.29) is 43.6 Å². The number of piperazine rings is 1. The SMILES string of the molecule is CC(CN1CCOCC1)Oc1nc(N2CC3CCC(C2)N3)c2cc(Cl)c(-c3ccc(F)c4sc(N)nc34)c(F)c2n1. The van der Waals surface area contributed by atoms with E-state index in [0.717, 1.165) is 50.4 Å². The van der Waals surface area contributed by atoms with Crippen molar-refractivity contribution < 1.29 is 18.3 Å². The van der Waals surface area contributed by atoms with Gasteiger partial charge in [-0.2, -0.15) is 9.97 Å². The minimum absolute atomic E-state index is 0.0896. The second kappa shape index (κ2) is 10.7. The Hall–Kier alpha value is -2.90. The van der Waals surface area contributed by atoms with Gasteiger partial charge in [-0.15, -0.1) is 0 Å². The molecule has 0 amide bonds. The molecular formula is C28H30ClF2N7O2S. The summed E-state index contributed by atoms with van der Waals surface area (Å²) in [5.74, 6) is -0.519. The zero-order valence-electron chi connectivity index (χ0n) is 22.5. The molecule has 216 valence electrons. The maximum atomic E-state index is 16.6. The number of ether oxygens (including phenoxy) is 2. The van der Waals surface area contributed by atoms with Crippen molar-refractivity contribution in [3.05, 3.63) is 34.9 Å². The highest BCUT2D eigenvalue weighted by Gasteiger charge is 2.34. The average Bonchev–Trinajstić information content (AvgIpc) is 3.51. The smallest absolute Gasteiger partial charge is 0.319 e. The summed E-state index contributed by atoms with van der Waals surface area (Å²) < 4.78 is 43.1. The van der Waals surface area contributed by atoms with E-state index < -0.39 is 11.6 Å². The minimum Gasteiger partial charge on any atom is -0.459 e. The Morgan fingerprint density at radius 2 is 1.90 bits per heavy atom. The highest BCUT2D eigenvalue weighted by molar-refractivity contribution is 7.22. The van der Waals surface area contributed by atoms with Crippen LogP contribution in [0.5, 0.6) is 6.01 Å². The number of thiazole rings is 1. The number of nitrogens with one attached hydrogen (secondary N) is 1. The number of nitrogens with zero attached hydrogens (tertiary/aromatic N) is 5. The first-order valence-corrected chi connectivity index (χ1v) is 15.1. The molecule has 2 aromatic carbocycles. The molecule has 3 saturated heterocycles. The Labute approximate surface area is 244 Å². The Kier molecular flexibility index (Phi) is 7.06. The van der Waals surface area contributed by atoms with Crippen molar-refractivity contribution in [3.63, 3.8) is 0 Å². The van der Waals surface area contributed by atoms with Crippen molar-refractivity contribution in [1.82, 2.24) is 25.2 Å². The molecule has 3 unspecified atom stereocenters. The van der Waals surface area contributed by atoms with E-state index in [2.05, 4.69) is 25.1 Å². The molecule has 2 aromatic heterocycles. The first kappa shape index (κ1) is 27.0.